The minimum absolute atomic E-state index is 0.135. The lowest BCUT2D eigenvalue weighted by Crippen LogP contribution is -2.42. The number of nitrogens with zero attached hydrogens (tertiary/aromatic N) is 3. The Morgan fingerprint density at radius 2 is 1.77 bits per heavy atom. The molecular weight excluding hydrogens is 466 g/mol. The zero-order valence-electron chi connectivity index (χ0n) is 20.0. The first-order chi connectivity index (χ1) is 16.6. The van der Waals surface area contributed by atoms with Crippen LogP contribution in [0.4, 0.5) is 4.79 Å². The average molecular weight is 496 g/mol. The number of carbonyl (C=O) groups is 2. The van der Waals surface area contributed by atoms with Crippen molar-refractivity contribution in [1.29, 1.82) is 0 Å². The van der Waals surface area contributed by atoms with Crippen molar-refractivity contribution in [2.75, 3.05) is 13.1 Å². The highest BCUT2D eigenvalue weighted by molar-refractivity contribution is 7.89. The molecule has 1 unspecified atom stereocenters. The van der Waals surface area contributed by atoms with E-state index in [-0.39, 0.29) is 10.8 Å². The maximum Gasteiger partial charge on any atom is 0.410 e. The minimum atomic E-state index is -3.91. The maximum absolute atomic E-state index is 13.3. The zero-order chi connectivity index (χ0) is 25.2. The number of likely N-dealkylation sites (tertiary alicyclic amines) is 1. The molecule has 0 saturated carbocycles. The Hall–Kier alpha value is -3.46. The Morgan fingerprint density at radius 1 is 1.09 bits per heavy atom. The first-order valence-electron chi connectivity index (χ1n) is 11.5. The number of amides is 1. The summed E-state index contributed by atoms with van der Waals surface area (Å²) in [6, 6.07) is 15.1. The Bertz CT molecular complexity index is 1310. The van der Waals surface area contributed by atoms with Crippen molar-refractivity contribution < 1.29 is 22.7 Å². The summed E-state index contributed by atoms with van der Waals surface area (Å²) in [5, 5.41) is 4.55. The second-order valence-corrected chi connectivity index (χ2v) is 11.4. The van der Waals surface area contributed by atoms with Gasteiger partial charge in [-0.15, -0.1) is 0 Å². The Morgan fingerprint density at radius 3 is 2.40 bits per heavy atom. The smallest absolute Gasteiger partial charge is 0.410 e. The molecule has 35 heavy (non-hydrogen) atoms. The molecule has 1 atom stereocenters. The molecule has 0 bridgehead atoms. The maximum atomic E-state index is 13.3. The van der Waals surface area contributed by atoms with Gasteiger partial charge in [0.15, 0.2) is 0 Å². The van der Waals surface area contributed by atoms with Crippen molar-refractivity contribution in [2.24, 2.45) is 0 Å². The number of ether oxygens (including phenoxy) is 1. The number of benzene rings is 2. The summed E-state index contributed by atoms with van der Waals surface area (Å²) in [7, 11) is -3.91. The molecule has 1 amide bonds. The Kier molecular flexibility index (Phi) is 6.80. The van der Waals surface area contributed by atoms with E-state index in [2.05, 4.69) is 5.10 Å². The summed E-state index contributed by atoms with van der Waals surface area (Å²) < 4.78 is 33.2. The fraction of sp³-hybridized carbons (Fsp3) is 0.346. The molecule has 1 aliphatic rings. The normalized spacial score (nSPS) is 16.7. The van der Waals surface area contributed by atoms with E-state index in [1.54, 1.807) is 47.4 Å². The van der Waals surface area contributed by atoms with Crippen LogP contribution >= 0.6 is 0 Å². The minimum Gasteiger partial charge on any atom is -0.444 e. The molecule has 2 aromatic carbocycles. The number of hydrogen-bond donors (Lipinski definition) is 0. The van der Waals surface area contributed by atoms with Crippen LogP contribution in [0.5, 0.6) is 0 Å². The highest BCUT2D eigenvalue weighted by Gasteiger charge is 2.32. The molecule has 0 spiro atoms. The molecule has 184 valence electrons. The molecule has 0 aliphatic carbocycles. The predicted octanol–water partition coefficient (Wildman–Crippen LogP) is 4.71. The average Bonchev–Trinajstić information content (AvgIpc) is 3.30. The summed E-state index contributed by atoms with van der Waals surface area (Å²) >= 11 is 0. The Balaban J connectivity index is 1.74. The summed E-state index contributed by atoms with van der Waals surface area (Å²) in [5.74, 6) is -0.177. The molecule has 8 nitrogen and oxygen atoms in total. The van der Waals surface area contributed by atoms with E-state index in [4.69, 9.17) is 4.74 Å². The van der Waals surface area contributed by atoms with Gasteiger partial charge >= 0.3 is 6.09 Å². The third kappa shape index (κ3) is 5.45. The SMILES string of the molecule is CC(C)(C)OC(=O)N1CCCC(c2nn(S(=O)(=O)c3ccccc3)cc2-c2ccc(C=O)cc2)C1. The van der Waals surface area contributed by atoms with Gasteiger partial charge in [0.05, 0.1) is 16.8 Å². The first kappa shape index (κ1) is 24.7. The second-order valence-electron chi connectivity index (χ2n) is 9.62. The highest BCUT2D eigenvalue weighted by Crippen LogP contribution is 2.35. The van der Waals surface area contributed by atoms with Crippen LogP contribution in [0.3, 0.4) is 0 Å². The standard InChI is InChI=1S/C26H29N3O5S/c1-26(2,3)34-25(31)28-15-7-8-21(16-28)24-23(20-13-11-19(18-30)12-14-20)17-29(27-24)35(32,33)22-9-5-4-6-10-22/h4-6,9-14,17-18,21H,7-8,15-16H2,1-3H3. The summed E-state index contributed by atoms with van der Waals surface area (Å²) in [4.78, 5) is 25.6. The molecule has 1 aliphatic heterocycles. The molecule has 4 rings (SSSR count). The van der Waals surface area contributed by atoms with Gasteiger partial charge in [-0.2, -0.15) is 17.6 Å². The lowest BCUT2D eigenvalue weighted by Gasteiger charge is -2.33. The molecule has 0 radical (unpaired) electrons. The molecule has 1 fully saturated rings. The van der Waals surface area contributed by atoms with Crippen molar-refractivity contribution >= 4 is 22.4 Å². The van der Waals surface area contributed by atoms with Crippen LogP contribution in [0.25, 0.3) is 11.1 Å². The largest absolute Gasteiger partial charge is 0.444 e. The number of rotatable bonds is 5. The molecule has 0 N–H and O–H groups in total. The zero-order valence-corrected chi connectivity index (χ0v) is 20.9. The van der Waals surface area contributed by atoms with Crippen LogP contribution in [-0.2, 0) is 14.8 Å². The molecule has 9 heteroatoms. The van der Waals surface area contributed by atoms with Crippen molar-refractivity contribution in [1.82, 2.24) is 14.1 Å². The summed E-state index contributed by atoms with van der Waals surface area (Å²) in [5.41, 5.74) is 1.90. The first-order valence-corrected chi connectivity index (χ1v) is 13.0. The number of carbonyl (C=O) groups excluding carboxylic acids is 2. The van der Waals surface area contributed by atoms with Crippen LogP contribution < -0.4 is 0 Å². The lowest BCUT2D eigenvalue weighted by atomic mass is 9.90. The summed E-state index contributed by atoms with van der Waals surface area (Å²) in [6.45, 7) is 6.41. The number of hydrogen-bond acceptors (Lipinski definition) is 6. The van der Waals surface area contributed by atoms with Gasteiger partial charge in [0.1, 0.15) is 11.9 Å². The van der Waals surface area contributed by atoms with Gasteiger partial charge < -0.3 is 9.64 Å². The van der Waals surface area contributed by atoms with Gasteiger partial charge in [0.2, 0.25) is 0 Å². The van der Waals surface area contributed by atoms with E-state index in [1.165, 1.54) is 18.3 Å². The van der Waals surface area contributed by atoms with Crippen LogP contribution in [-0.4, -0.2) is 53.6 Å². The van der Waals surface area contributed by atoms with Gasteiger partial charge in [-0.1, -0.05) is 42.5 Å². The van der Waals surface area contributed by atoms with Crippen molar-refractivity contribution in [3.05, 3.63) is 72.1 Å². The van der Waals surface area contributed by atoms with Gasteiger partial charge in [0.25, 0.3) is 10.0 Å². The van der Waals surface area contributed by atoms with E-state index in [0.717, 1.165) is 28.8 Å². The van der Waals surface area contributed by atoms with Crippen LogP contribution in [0.1, 0.15) is 55.6 Å². The monoisotopic (exact) mass is 495 g/mol. The molecule has 2 heterocycles. The highest BCUT2D eigenvalue weighted by atomic mass is 32.2. The quantitative estimate of drug-likeness (QED) is 0.475. The number of piperidine rings is 1. The van der Waals surface area contributed by atoms with E-state index in [9.17, 15) is 18.0 Å². The topological polar surface area (TPSA) is 98.6 Å². The van der Waals surface area contributed by atoms with Gasteiger partial charge in [0, 0.05) is 30.1 Å². The molecule has 3 aromatic rings. The predicted molar refractivity (Wildman–Crippen MR) is 132 cm³/mol. The van der Waals surface area contributed by atoms with E-state index < -0.39 is 21.7 Å². The molecular formula is C26H29N3O5S. The van der Waals surface area contributed by atoms with Gasteiger partial charge in [-0.05, 0) is 51.3 Å². The number of aldehydes is 1. The van der Waals surface area contributed by atoms with Crippen LogP contribution in [0.2, 0.25) is 0 Å². The van der Waals surface area contributed by atoms with Crippen molar-refractivity contribution in [3.8, 4) is 11.1 Å². The van der Waals surface area contributed by atoms with Gasteiger partial charge in [-0.25, -0.2) is 4.79 Å². The number of aromatic nitrogens is 2. The van der Waals surface area contributed by atoms with E-state index in [0.29, 0.717) is 29.9 Å². The Labute approximate surface area is 205 Å². The lowest BCUT2D eigenvalue weighted by molar-refractivity contribution is 0.0197. The van der Waals surface area contributed by atoms with Gasteiger partial charge in [-0.3, -0.25) is 4.79 Å². The van der Waals surface area contributed by atoms with E-state index in [1.807, 2.05) is 20.8 Å². The third-order valence-corrected chi connectivity index (χ3v) is 7.37. The van der Waals surface area contributed by atoms with Crippen LogP contribution in [0, 0.1) is 0 Å². The summed E-state index contributed by atoms with van der Waals surface area (Å²) in [6.07, 6.45) is 3.37. The molecule has 1 saturated heterocycles. The van der Waals surface area contributed by atoms with Crippen molar-refractivity contribution in [2.45, 2.75) is 50.0 Å². The second kappa shape index (κ2) is 9.65. The fourth-order valence-electron chi connectivity index (χ4n) is 4.15. The fourth-order valence-corrected chi connectivity index (χ4v) is 5.30. The molecule has 1 aromatic heterocycles. The van der Waals surface area contributed by atoms with Crippen LogP contribution in [0.15, 0.2) is 65.7 Å². The van der Waals surface area contributed by atoms with E-state index >= 15 is 0 Å². The van der Waals surface area contributed by atoms with Crippen molar-refractivity contribution in [3.63, 3.8) is 0 Å². The third-order valence-electron chi connectivity index (χ3n) is 5.83.